The van der Waals surface area contributed by atoms with Crippen LogP contribution in [0.2, 0.25) is 0 Å². The highest BCUT2D eigenvalue weighted by atomic mass is 16.5. The van der Waals surface area contributed by atoms with Gasteiger partial charge < -0.3 is 14.5 Å². The van der Waals surface area contributed by atoms with Crippen LogP contribution in [0.25, 0.3) is 16.5 Å². The largest absolute Gasteiger partial charge is 0.497 e. The van der Waals surface area contributed by atoms with Crippen molar-refractivity contribution in [2.24, 2.45) is 5.41 Å². The summed E-state index contributed by atoms with van der Waals surface area (Å²) in [4.78, 5) is 21.3. The lowest BCUT2D eigenvalue weighted by Gasteiger charge is -2.29. The molecule has 30 heavy (non-hydrogen) atoms. The van der Waals surface area contributed by atoms with Crippen LogP contribution in [0.4, 0.5) is 0 Å². The molecule has 0 saturated carbocycles. The number of aromatic nitrogens is 2. The van der Waals surface area contributed by atoms with Crippen LogP contribution < -0.4 is 10.1 Å². The SMILES string of the molecule is COc1cc(C2=CCC(C)(C)CC2)c2ncc(C(=O)NCCc3ncco3)cc2c1. The van der Waals surface area contributed by atoms with Crippen LogP contribution in [-0.2, 0) is 6.42 Å². The van der Waals surface area contributed by atoms with E-state index in [9.17, 15) is 4.79 Å². The molecule has 2 heterocycles. The van der Waals surface area contributed by atoms with E-state index < -0.39 is 0 Å². The van der Waals surface area contributed by atoms with Crippen LogP contribution in [0.5, 0.6) is 5.75 Å². The summed E-state index contributed by atoms with van der Waals surface area (Å²) in [5.41, 5.74) is 4.15. The normalized spacial score (nSPS) is 15.6. The molecule has 1 aliphatic carbocycles. The number of ether oxygens (including phenoxy) is 1. The number of carbonyl (C=O) groups excluding carboxylic acids is 1. The lowest BCUT2D eigenvalue weighted by molar-refractivity contribution is 0.0953. The van der Waals surface area contributed by atoms with Crippen molar-refractivity contribution >= 4 is 22.4 Å². The number of nitrogens with zero attached hydrogens (tertiary/aromatic N) is 2. The number of fused-ring (bicyclic) bond motifs is 1. The molecule has 0 saturated heterocycles. The zero-order valence-electron chi connectivity index (χ0n) is 17.7. The molecular weight excluding hydrogens is 378 g/mol. The minimum Gasteiger partial charge on any atom is -0.497 e. The molecule has 0 radical (unpaired) electrons. The van der Waals surface area contributed by atoms with E-state index in [1.54, 1.807) is 19.5 Å². The van der Waals surface area contributed by atoms with E-state index in [1.165, 1.54) is 11.8 Å². The molecule has 6 nitrogen and oxygen atoms in total. The van der Waals surface area contributed by atoms with Gasteiger partial charge in [0, 0.05) is 30.1 Å². The summed E-state index contributed by atoms with van der Waals surface area (Å²) in [5.74, 6) is 1.20. The first kappa shape index (κ1) is 20.1. The van der Waals surface area contributed by atoms with Crippen LogP contribution >= 0.6 is 0 Å². The van der Waals surface area contributed by atoms with Crippen molar-refractivity contribution < 1.29 is 13.9 Å². The number of carbonyl (C=O) groups is 1. The zero-order valence-corrected chi connectivity index (χ0v) is 17.7. The summed E-state index contributed by atoms with van der Waals surface area (Å²) in [6, 6.07) is 5.86. The Morgan fingerprint density at radius 1 is 1.27 bits per heavy atom. The fourth-order valence-corrected chi connectivity index (χ4v) is 3.79. The highest BCUT2D eigenvalue weighted by Gasteiger charge is 2.23. The molecule has 0 fully saturated rings. The number of methoxy groups -OCH3 is 1. The molecule has 4 rings (SSSR count). The number of pyridine rings is 1. The number of hydrogen-bond donors (Lipinski definition) is 1. The quantitative estimate of drug-likeness (QED) is 0.638. The Labute approximate surface area is 176 Å². The molecule has 1 amide bonds. The number of nitrogens with one attached hydrogen (secondary N) is 1. The molecule has 1 N–H and O–H groups in total. The molecule has 0 atom stereocenters. The second-order valence-corrected chi connectivity index (χ2v) is 8.50. The fraction of sp³-hybridized carbons (Fsp3) is 0.375. The Morgan fingerprint density at radius 3 is 2.83 bits per heavy atom. The van der Waals surface area contributed by atoms with Crippen LogP contribution in [-0.4, -0.2) is 29.5 Å². The topological polar surface area (TPSA) is 77.2 Å². The molecule has 6 heteroatoms. The maximum absolute atomic E-state index is 12.6. The van der Waals surface area contributed by atoms with Crippen molar-refractivity contribution in [1.82, 2.24) is 15.3 Å². The standard InChI is InChI=1S/C24H27N3O3/c1-24(2)7-4-16(5-8-24)20-14-19(29-3)13-17-12-18(15-27-22(17)20)23(28)26-9-6-21-25-10-11-30-21/h4,10-15H,5-9H2,1-3H3,(H,26,28). The molecule has 3 aromatic rings. The molecule has 2 aromatic heterocycles. The minimum atomic E-state index is -0.168. The van der Waals surface area contributed by atoms with Crippen molar-refractivity contribution in [3.63, 3.8) is 0 Å². The monoisotopic (exact) mass is 405 g/mol. The van der Waals surface area contributed by atoms with Gasteiger partial charge >= 0.3 is 0 Å². The summed E-state index contributed by atoms with van der Waals surface area (Å²) < 4.78 is 10.7. The number of benzene rings is 1. The molecule has 0 spiro atoms. The van der Waals surface area contributed by atoms with Gasteiger partial charge in [0.2, 0.25) is 0 Å². The van der Waals surface area contributed by atoms with Gasteiger partial charge in [-0.25, -0.2) is 4.98 Å². The number of allylic oxidation sites excluding steroid dienone is 2. The van der Waals surface area contributed by atoms with Crippen molar-refractivity contribution in [1.29, 1.82) is 0 Å². The third-order valence-electron chi connectivity index (χ3n) is 5.68. The minimum absolute atomic E-state index is 0.168. The predicted molar refractivity (Wildman–Crippen MR) is 116 cm³/mol. The number of rotatable bonds is 6. The lowest BCUT2D eigenvalue weighted by atomic mass is 9.77. The summed E-state index contributed by atoms with van der Waals surface area (Å²) >= 11 is 0. The number of amides is 1. The fourth-order valence-electron chi connectivity index (χ4n) is 3.79. The number of oxazole rings is 1. The van der Waals surface area contributed by atoms with Gasteiger partial charge in [0.1, 0.15) is 12.0 Å². The molecule has 1 aromatic carbocycles. The van der Waals surface area contributed by atoms with Crippen molar-refractivity contribution in [3.8, 4) is 5.75 Å². The molecule has 1 aliphatic rings. The Hall–Kier alpha value is -3.15. The van der Waals surface area contributed by atoms with Gasteiger partial charge in [-0.3, -0.25) is 9.78 Å². The van der Waals surface area contributed by atoms with Crippen LogP contribution in [0.15, 0.2) is 47.3 Å². The second kappa shape index (κ2) is 8.30. The van der Waals surface area contributed by atoms with E-state index in [1.807, 2.05) is 12.1 Å². The van der Waals surface area contributed by atoms with Crippen LogP contribution in [0.3, 0.4) is 0 Å². The zero-order chi connectivity index (χ0) is 21.1. The van der Waals surface area contributed by atoms with Gasteiger partial charge in [0.05, 0.1) is 24.4 Å². The predicted octanol–water partition coefficient (Wildman–Crippen LogP) is 4.80. The van der Waals surface area contributed by atoms with E-state index in [4.69, 9.17) is 9.15 Å². The van der Waals surface area contributed by atoms with E-state index in [-0.39, 0.29) is 5.91 Å². The second-order valence-electron chi connectivity index (χ2n) is 8.50. The van der Waals surface area contributed by atoms with Gasteiger partial charge in [-0.1, -0.05) is 19.9 Å². The molecule has 0 bridgehead atoms. The summed E-state index contributed by atoms with van der Waals surface area (Å²) in [6.45, 7) is 5.05. The summed E-state index contributed by atoms with van der Waals surface area (Å²) in [6.07, 6.45) is 10.8. The van der Waals surface area contributed by atoms with Crippen LogP contribution in [0.1, 0.15) is 54.9 Å². The van der Waals surface area contributed by atoms with Gasteiger partial charge in [0.15, 0.2) is 5.89 Å². The highest BCUT2D eigenvalue weighted by molar-refractivity contribution is 5.99. The van der Waals surface area contributed by atoms with Crippen molar-refractivity contribution in [2.45, 2.75) is 39.5 Å². The Kier molecular flexibility index (Phi) is 5.57. The average Bonchev–Trinajstić information content (AvgIpc) is 3.26. The van der Waals surface area contributed by atoms with Crippen LogP contribution in [0, 0.1) is 5.41 Å². The molecule has 0 unspecified atom stereocenters. The van der Waals surface area contributed by atoms with E-state index in [0.717, 1.165) is 41.5 Å². The smallest absolute Gasteiger partial charge is 0.252 e. The van der Waals surface area contributed by atoms with E-state index in [0.29, 0.717) is 29.8 Å². The van der Waals surface area contributed by atoms with E-state index in [2.05, 4.69) is 41.3 Å². The Balaban J connectivity index is 1.59. The molecule has 156 valence electrons. The van der Waals surface area contributed by atoms with Crippen molar-refractivity contribution in [3.05, 3.63) is 59.9 Å². The summed E-state index contributed by atoms with van der Waals surface area (Å²) in [5, 5.41) is 3.79. The Bertz CT molecular complexity index is 1080. The third-order valence-corrected chi connectivity index (χ3v) is 5.68. The van der Waals surface area contributed by atoms with Crippen molar-refractivity contribution in [2.75, 3.05) is 13.7 Å². The maximum atomic E-state index is 12.6. The first-order valence-corrected chi connectivity index (χ1v) is 10.3. The van der Waals surface area contributed by atoms with Gasteiger partial charge in [0.25, 0.3) is 5.91 Å². The van der Waals surface area contributed by atoms with Gasteiger partial charge in [-0.05, 0) is 48.4 Å². The van der Waals surface area contributed by atoms with Gasteiger partial charge in [-0.15, -0.1) is 0 Å². The first-order valence-electron chi connectivity index (χ1n) is 10.3. The Morgan fingerprint density at radius 2 is 2.13 bits per heavy atom. The van der Waals surface area contributed by atoms with E-state index >= 15 is 0 Å². The maximum Gasteiger partial charge on any atom is 0.252 e. The third kappa shape index (κ3) is 4.37. The molecule has 0 aliphatic heterocycles. The lowest BCUT2D eigenvalue weighted by Crippen LogP contribution is -2.25. The highest BCUT2D eigenvalue weighted by Crippen LogP contribution is 2.40. The number of hydrogen-bond acceptors (Lipinski definition) is 5. The average molecular weight is 405 g/mol. The summed E-state index contributed by atoms with van der Waals surface area (Å²) in [7, 11) is 1.66. The first-order chi connectivity index (χ1) is 14.4. The van der Waals surface area contributed by atoms with Gasteiger partial charge in [-0.2, -0.15) is 0 Å². The molecular formula is C24H27N3O3.